The highest BCUT2D eigenvalue weighted by atomic mass is 35.5. The Hall–Kier alpha value is -1.45. The molecule has 0 spiro atoms. The summed E-state index contributed by atoms with van der Waals surface area (Å²) in [5.41, 5.74) is 1.75. The van der Waals surface area contributed by atoms with E-state index in [4.69, 9.17) is 27.9 Å². The van der Waals surface area contributed by atoms with Crippen LogP contribution in [0, 0.1) is 5.82 Å². The zero-order valence-corrected chi connectivity index (χ0v) is 12.6. The van der Waals surface area contributed by atoms with Crippen LogP contribution in [0.4, 0.5) is 10.1 Å². The number of hydrogen-bond acceptors (Lipinski definition) is 2. The second kappa shape index (κ2) is 6.33. The van der Waals surface area contributed by atoms with Crippen LogP contribution in [0.15, 0.2) is 36.4 Å². The van der Waals surface area contributed by atoms with Crippen LogP contribution in [0.25, 0.3) is 0 Å². The molecule has 0 aliphatic heterocycles. The van der Waals surface area contributed by atoms with E-state index in [-0.39, 0.29) is 11.1 Å². The molecule has 0 saturated carbocycles. The van der Waals surface area contributed by atoms with E-state index in [0.717, 1.165) is 11.3 Å². The Balaban J connectivity index is 2.18. The van der Waals surface area contributed by atoms with Crippen molar-refractivity contribution in [2.75, 3.05) is 12.4 Å². The minimum absolute atomic E-state index is 0.0287. The summed E-state index contributed by atoms with van der Waals surface area (Å²) < 4.78 is 18.3. The Morgan fingerprint density at radius 3 is 2.50 bits per heavy atom. The SMILES string of the molecule is COc1cc(NC(C)c2ccc(F)c(Cl)c2)ccc1Cl. The molecule has 1 unspecified atom stereocenters. The lowest BCUT2D eigenvalue weighted by Crippen LogP contribution is -2.07. The van der Waals surface area contributed by atoms with E-state index in [1.165, 1.54) is 6.07 Å². The smallest absolute Gasteiger partial charge is 0.141 e. The van der Waals surface area contributed by atoms with Crippen LogP contribution in [0.1, 0.15) is 18.5 Å². The molecule has 0 fully saturated rings. The molecule has 0 heterocycles. The number of hydrogen-bond donors (Lipinski definition) is 1. The van der Waals surface area contributed by atoms with Crippen molar-refractivity contribution in [1.82, 2.24) is 0 Å². The zero-order valence-electron chi connectivity index (χ0n) is 11.1. The number of nitrogens with one attached hydrogen (secondary N) is 1. The predicted octanol–water partition coefficient (Wildman–Crippen LogP) is 5.31. The van der Waals surface area contributed by atoms with E-state index in [0.29, 0.717) is 10.8 Å². The Kier molecular flexibility index (Phi) is 4.73. The van der Waals surface area contributed by atoms with Gasteiger partial charge in [-0.25, -0.2) is 4.39 Å². The number of methoxy groups -OCH3 is 1. The van der Waals surface area contributed by atoms with Gasteiger partial charge in [0.1, 0.15) is 11.6 Å². The normalized spacial score (nSPS) is 12.1. The largest absolute Gasteiger partial charge is 0.495 e. The lowest BCUT2D eigenvalue weighted by atomic mass is 10.1. The van der Waals surface area contributed by atoms with E-state index < -0.39 is 5.82 Å². The van der Waals surface area contributed by atoms with Crippen LogP contribution in [-0.4, -0.2) is 7.11 Å². The molecule has 106 valence electrons. The van der Waals surface area contributed by atoms with Crippen LogP contribution in [0.3, 0.4) is 0 Å². The van der Waals surface area contributed by atoms with Crippen molar-refractivity contribution >= 4 is 28.9 Å². The van der Waals surface area contributed by atoms with Crippen LogP contribution in [0.5, 0.6) is 5.75 Å². The Bertz CT molecular complexity index is 619. The molecule has 0 radical (unpaired) electrons. The van der Waals surface area contributed by atoms with Crippen LogP contribution < -0.4 is 10.1 Å². The summed E-state index contributed by atoms with van der Waals surface area (Å²) >= 11 is 11.8. The maximum atomic E-state index is 13.1. The first kappa shape index (κ1) is 14.9. The minimum Gasteiger partial charge on any atom is -0.495 e. The van der Waals surface area contributed by atoms with Gasteiger partial charge in [-0.2, -0.15) is 0 Å². The molecule has 2 aromatic rings. The molecule has 2 nitrogen and oxygen atoms in total. The quantitative estimate of drug-likeness (QED) is 0.825. The van der Waals surface area contributed by atoms with Gasteiger partial charge in [-0.3, -0.25) is 0 Å². The average molecular weight is 314 g/mol. The first-order valence-corrected chi connectivity index (χ1v) is 6.82. The van der Waals surface area contributed by atoms with Crippen molar-refractivity contribution in [1.29, 1.82) is 0 Å². The molecule has 2 rings (SSSR count). The summed E-state index contributed by atoms with van der Waals surface area (Å²) in [6.45, 7) is 1.96. The van der Waals surface area contributed by atoms with Crippen molar-refractivity contribution in [3.8, 4) is 5.75 Å². The van der Waals surface area contributed by atoms with Gasteiger partial charge in [-0.05, 0) is 36.8 Å². The topological polar surface area (TPSA) is 21.3 Å². The standard InChI is InChI=1S/C15H14Cl2FNO/c1-9(10-3-6-14(18)13(17)7-10)19-11-4-5-12(16)15(8-11)20-2/h3-9,19H,1-2H3. The summed E-state index contributed by atoms with van der Waals surface area (Å²) in [6, 6.07) is 10.1. The van der Waals surface area contributed by atoms with Gasteiger partial charge in [-0.15, -0.1) is 0 Å². The predicted molar refractivity (Wildman–Crippen MR) is 81.5 cm³/mol. The zero-order chi connectivity index (χ0) is 14.7. The van der Waals surface area contributed by atoms with Crippen molar-refractivity contribution in [2.45, 2.75) is 13.0 Å². The maximum absolute atomic E-state index is 13.1. The Morgan fingerprint density at radius 2 is 1.85 bits per heavy atom. The summed E-state index contributed by atoms with van der Waals surface area (Å²) in [6.07, 6.45) is 0. The molecule has 0 saturated heterocycles. The minimum atomic E-state index is -0.421. The lowest BCUT2D eigenvalue weighted by molar-refractivity contribution is 0.415. The molecule has 1 atom stereocenters. The lowest BCUT2D eigenvalue weighted by Gasteiger charge is -2.17. The van der Waals surface area contributed by atoms with Gasteiger partial charge in [-0.1, -0.05) is 29.3 Å². The number of rotatable bonds is 4. The molecule has 0 aliphatic rings. The fourth-order valence-corrected chi connectivity index (χ4v) is 2.25. The van der Waals surface area contributed by atoms with Crippen molar-refractivity contribution in [2.24, 2.45) is 0 Å². The van der Waals surface area contributed by atoms with Gasteiger partial charge in [0.25, 0.3) is 0 Å². The highest BCUT2D eigenvalue weighted by Crippen LogP contribution is 2.30. The van der Waals surface area contributed by atoms with Gasteiger partial charge in [0.05, 0.1) is 17.2 Å². The van der Waals surface area contributed by atoms with Gasteiger partial charge >= 0.3 is 0 Å². The number of benzene rings is 2. The Labute approximate surface area is 127 Å². The molecule has 0 aromatic heterocycles. The third kappa shape index (κ3) is 3.35. The van der Waals surface area contributed by atoms with Crippen molar-refractivity contribution < 1.29 is 9.13 Å². The van der Waals surface area contributed by atoms with Crippen LogP contribution >= 0.6 is 23.2 Å². The molecule has 20 heavy (non-hydrogen) atoms. The Morgan fingerprint density at radius 1 is 1.10 bits per heavy atom. The fourth-order valence-electron chi connectivity index (χ4n) is 1.86. The molecule has 1 N–H and O–H groups in total. The van der Waals surface area contributed by atoms with Gasteiger partial charge in [0.2, 0.25) is 0 Å². The molecule has 2 aromatic carbocycles. The number of halogens is 3. The van der Waals surface area contributed by atoms with E-state index in [1.807, 2.05) is 19.1 Å². The van der Waals surface area contributed by atoms with Crippen molar-refractivity contribution in [3.05, 3.63) is 57.8 Å². The molecule has 0 bridgehead atoms. The number of ether oxygens (including phenoxy) is 1. The summed E-state index contributed by atoms with van der Waals surface area (Å²) in [4.78, 5) is 0. The highest BCUT2D eigenvalue weighted by Gasteiger charge is 2.09. The second-order valence-corrected chi connectivity index (χ2v) is 5.20. The van der Waals surface area contributed by atoms with Gasteiger partial charge in [0, 0.05) is 17.8 Å². The van der Waals surface area contributed by atoms with E-state index in [9.17, 15) is 4.39 Å². The molecule has 0 aliphatic carbocycles. The number of anilines is 1. The molecular weight excluding hydrogens is 300 g/mol. The first-order valence-electron chi connectivity index (χ1n) is 6.06. The van der Waals surface area contributed by atoms with Gasteiger partial charge in [0.15, 0.2) is 0 Å². The summed E-state index contributed by atoms with van der Waals surface area (Å²) in [5.74, 6) is 0.178. The van der Waals surface area contributed by atoms with Crippen LogP contribution in [-0.2, 0) is 0 Å². The molecule has 5 heteroatoms. The first-order chi connectivity index (χ1) is 9.51. The maximum Gasteiger partial charge on any atom is 0.141 e. The van der Waals surface area contributed by atoms with E-state index in [1.54, 1.807) is 25.3 Å². The van der Waals surface area contributed by atoms with Crippen molar-refractivity contribution in [3.63, 3.8) is 0 Å². The summed E-state index contributed by atoms with van der Waals surface area (Å²) in [5, 5.41) is 3.95. The molecular formula is C15H14Cl2FNO. The third-order valence-corrected chi connectivity index (χ3v) is 3.58. The monoisotopic (exact) mass is 313 g/mol. The average Bonchev–Trinajstić information content (AvgIpc) is 2.43. The second-order valence-electron chi connectivity index (χ2n) is 4.39. The van der Waals surface area contributed by atoms with E-state index in [2.05, 4.69) is 5.32 Å². The van der Waals surface area contributed by atoms with E-state index >= 15 is 0 Å². The third-order valence-electron chi connectivity index (χ3n) is 2.98. The van der Waals surface area contributed by atoms with Crippen LogP contribution in [0.2, 0.25) is 10.0 Å². The fraction of sp³-hybridized carbons (Fsp3) is 0.200. The highest BCUT2D eigenvalue weighted by molar-refractivity contribution is 6.32. The van der Waals surface area contributed by atoms with Gasteiger partial charge < -0.3 is 10.1 Å². The molecule has 0 amide bonds. The summed E-state index contributed by atoms with van der Waals surface area (Å²) in [7, 11) is 1.56.